The molecule has 1 rings (SSSR count). The minimum absolute atomic E-state index is 0.0638. The standard InChI is InChI=1S/C8H13N5O5/c1-4(15)10-2-5(3-14)17-8-6(7(9)11-16)12-18-13-8/h5,14,16H,2-3H2,1H3,(H2,9,11)(H,10,15)/t5-/m0/s1. The van der Waals surface area contributed by atoms with Crippen molar-refractivity contribution in [2.45, 2.75) is 13.0 Å². The second-order valence-corrected chi connectivity index (χ2v) is 3.26. The Morgan fingerprint density at radius 3 is 2.94 bits per heavy atom. The minimum atomic E-state index is -0.758. The van der Waals surface area contributed by atoms with E-state index in [-0.39, 0.29) is 36.5 Å². The van der Waals surface area contributed by atoms with E-state index in [9.17, 15) is 4.79 Å². The number of oxime groups is 1. The Kier molecular flexibility index (Phi) is 4.87. The molecule has 1 aromatic rings. The van der Waals surface area contributed by atoms with Gasteiger partial charge in [-0.1, -0.05) is 5.16 Å². The van der Waals surface area contributed by atoms with Crippen molar-refractivity contribution in [1.82, 2.24) is 15.6 Å². The molecule has 1 aromatic heterocycles. The van der Waals surface area contributed by atoms with E-state index in [0.717, 1.165) is 0 Å². The Balaban J connectivity index is 2.70. The van der Waals surface area contributed by atoms with E-state index in [0.29, 0.717) is 0 Å². The maximum atomic E-state index is 10.7. The second kappa shape index (κ2) is 6.39. The molecule has 0 radical (unpaired) electrons. The number of carbonyl (C=O) groups excluding carboxylic acids is 1. The molecule has 0 aliphatic carbocycles. The number of ether oxygens (including phenoxy) is 1. The molecule has 5 N–H and O–H groups in total. The van der Waals surface area contributed by atoms with Gasteiger partial charge in [0, 0.05) is 6.92 Å². The van der Waals surface area contributed by atoms with E-state index < -0.39 is 6.10 Å². The highest BCUT2D eigenvalue weighted by Gasteiger charge is 2.20. The van der Waals surface area contributed by atoms with Crippen LogP contribution in [0.25, 0.3) is 0 Å². The molecule has 0 aromatic carbocycles. The predicted molar refractivity (Wildman–Crippen MR) is 57.0 cm³/mol. The number of amides is 1. The van der Waals surface area contributed by atoms with Crippen molar-refractivity contribution in [3.05, 3.63) is 5.69 Å². The van der Waals surface area contributed by atoms with Gasteiger partial charge in [0.15, 0.2) is 5.84 Å². The fraction of sp³-hybridized carbons (Fsp3) is 0.500. The van der Waals surface area contributed by atoms with Crippen LogP contribution >= 0.6 is 0 Å². The van der Waals surface area contributed by atoms with Gasteiger partial charge in [0.05, 0.1) is 13.2 Å². The Labute approximate surface area is 101 Å². The van der Waals surface area contributed by atoms with E-state index in [1.807, 2.05) is 0 Å². The summed E-state index contributed by atoms with van der Waals surface area (Å²) < 4.78 is 9.58. The Morgan fingerprint density at radius 2 is 2.39 bits per heavy atom. The van der Waals surface area contributed by atoms with Crippen LogP contribution in [0.2, 0.25) is 0 Å². The summed E-state index contributed by atoms with van der Waals surface area (Å²) in [4.78, 5) is 10.7. The molecule has 0 unspecified atom stereocenters. The number of carbonyl (C=O) groups is 1. The minimum Gasteiger partial charge on any atom is -0.466 e. The second-order valence-electron chi connectivity index (χ2n) is 3.26. The third kappa shape index (κ3) is 3.59. The van der Waals surface area contributed by atoms with Gasteiger partial charge in [-0.05, 0) is 10.3 Å². The summed E-state index contributed by atoms with van der Waals surface area (Å²) in [5.41, 5.74) is 5.21. The van der Waals surface area contributed by atoms with Crippen LogP contribution in [-0.4, -0.2) is 51.6 Å². The van der Waals surface area contributed by atoms with Crippen LogP contribution in [0.15, 0.2) is 9.78 Å². The molecule has 0 aliphatic heterocycles. The van der Waals surface area contributed by atoms with Crippen LogP contribution in [0.5, 0.6) is 5.88 Å². The zero-order valence-corrected chi connectivity index (χ0v) is 9.53. The lowest BCUT2D eigenvalue weighted by atomic mass is 10.3. The third-order valence-electron chi connectivity index (χ3n) is 1.87. The van der Waals surface area contributed by atoms with Crippen LogP contribution in [0.4, 0.5) is 0 Å². The van der Waals surface area contributed by atoms with Crippen LogP contribution in [0.3, 0.4) is 0 Å². The number of aliphatic hydroxyl groups excluding tert-OH is 1. The average molecular weight is 259 g/mol. The van der Waals surface area contributed by atoms with Gasteiger partial charge < -0.3 is 26.1 Å². The van der Waals surface area contributed by atoms with Gasteiger partial charge >= 0.3 is 0 Å². The number of nitrogens with zero attached hydrogens (tertiary/aromatic N) is 3. The Hall–Kier alpha value is -2.36. The summed E-state index contributed by atoms with van der Waals surface area (Å²) in [6.07, 6.45) is -0.758. The molecule has 0 saturated heterocycles. The summed E-state index contributed by atoms with van der Waals surface area (Å²) >= 11 is 0. The molecule has 0 spiro atoms. The topological polar surface area (TPSA) is 156 Å². The number of amidine groups is 1. The van der Waals surface area contributed by atoms with Gasteiger partial charge in [-0.25, -0.2) is 4.63 Å². The van der Waals surface area contributed by atoms with Gasteiger partial charge in [-0.3, -0.25) is 4.79 Å². The largest absolute Gasteiger partial charge is 0.466 e. The van der Waals surface area contributed by atoms with Crippen molar-refractivity contribution in [2.75, 3.05) is 13.2 Å². The van der Waals surface area contributed by atoms with Crippen molar-refractivity contribution in [2.24, 2.45) is 10.9 Å². The highest BCUT2D eigenvalue weighted by Crippen LogP contribution is 2.13. The lowest BCUT2D eigenvalue weighted by Gasteiger charge is -2.14. The summed E-state index contributed by atoms with van der Waals surface area (Å²) in [6.45, 7) is 1.02. The summed E-state index contributed by atoms with van der Waals surface area (Å²) in [5.74, 6) is -0.760. The highest BCUT2D eigenvalue weighted by atomic mass is 16.6. The van der Waals surface area contributed by atoms with Crippen molar-refractivity contribution in [3.8, 4) is 5.88 Å². The zero-order chi connectivity index (χ0) is 13.5. The van der Waals surface area contributed by atoms with Gasteiger partial charge in [0.1, 0.15) is 6.10 Å². The van der Waals surface area contributed by atoms with Crippen molar-refractivity contribution < 1.29 is 24.5 Å². The average Bonchev–Trinajstić information content (AvgIpc) is 2.81. The molecule has 0 saturated carbocycles. The first kappa shape index (κ1) is 13.7. The Bertz CT molecular complexity index is 431. The number of nitrogens with one attached hydrogen (secondary N) is 1. The van der Waals surface area contributed by atoms with E-state index in [2.05, 4.69) is 25.4 Å². The molecule has 1 atom stereocenters. The van der Waals surface area contributed by atoms with Gasteiger partial charge in [0.2, 0.25) is 11.6 Å². The Morgan fingerprint density at radius 1 is 1.67 bits per heavy atom. The molecular formula is C8H13N5O5. The maximum Gasteiger partial charge on any atom is 0.287 e. The normalized spacial score (nSPS) is 13.1. The monoisotopic (exact) mass is 259 g/mol. The number of hydrogen-bond donors (Lipinski definition) is 4. The summed E-state index contributed by atoms with van der Waals surface area (Å²) in [5, 5.41) is 29.5. The molecule has 1 heterocycles. The molecule has 10 heteroatoms. The molecule has 10 nitrogen and oxygen atoms in total. The lowest BCUT2D eigenvalue weighted by molar-refractivity contribution is -0.119. The lowest BCUT2D eigenvalue weighted by Crippen LogP contribution is -2.37. The molecule has 18 heavy (non-hydrogen) atoms. The molecule has 0 aliphatic rings. The van der Waals surface area contributed by atoms with Gasteiger partial charge in [-0.15, -0.1) is 0 Å². The summed E-state index contributed by atoms with van der Waals surface area (Å²) in [7, 11) is 0. The maximum absolute atomic E-state index is 10.7. The molecule has 0 bridgehead atoms. The first-order chi connectivity index (χ1) is 8.58. The van der Waals surface area contributed by atoms with Crippen LogP contribution in [0.1, 0.15) is 12.6 Å². The smallest absolute Gasteiger partial charge is 0.287 e. The molecule has 100 valence electrons. The predicted octanol–water partition coefficient (Wildman–Crippen LogP) is -1.96. The third-order valence-corrected chi connectivity index (χ3v) is 1.87. The molecule has 0 fully saturated rings. The number of rotatable bonds is 6. The number of nitrogens with two attached hydrogens (primary N) is 1. The van der Waals surface area contributed by atoms with E-state index in [1.54, 1.807) is 0 Å². The number of aliphatic hydroxyl groups is 1. The number of aromatic nitrogens is 2. The van der Waals surface area contributed by atoms with Crippen LogP contribution < -0.4 is 15.8 Å². The fourth-order valence-electron chi connectivity index (χ4n) is 1.02. The van der Waals surface area contributed by atoms with E-state index in [4.69, 9.17) is 20.8 Å². The van der Waals surface area contributed by atoms with Crippen molar-refractivity contribution in [1.29, 1.82) is 0 Å². The molecular weight excluding hydrogens is 246 g/mol. The highest BCUT2D eigenvalue weighted by molar-refractivity contribution is 5.96. The first-order valence-corrected chi connectivity index (χ1v) is 4.90. The van der Waals surface area contributed by atoms with Crippen molar-refractivity contribution in [3.63, 3.8) is 0 Å². The molecule has 1 amide bonds. The fourth-order valence-corrected chi connectivity index (χ4v) is 1.02. The quantitative estimate of drug-likeness (QED) is 0.198. The van der Waals surface area contributed by atoms with Crippen LogP contribution in [0, 0.1) is 0 Å². The SMILES string of the molecule is CC(=O)NC[C@@H](CO)Oc1nonc1/C(N)=N/O. The van der Waals surface area contributed by atoms with E-state index >= 15 is 0 Å². The van der Waals surface area contributed by atoms with Gasteiger partial charge in [-0.2, -0.15) is 0 Å². The van der Waals surface area contributed by atoms with E-state index in [1.165, 1.54) is 6.92 Å². The first-order valence-electron chi connectivity index (χ1n) is 4.90. The number of hydrogen-bond acceptors (Lipinski definition) is 8. The van der Waals surface area contributed by atoms with Gasteiger partial charge in [0.25, 0.3) is 5.88 Å². The zero-order valence-electron chi connectivity index (χ0n) is 9.53. The summed E-state index contributed by atoms with van der Waals surface area (Å²) in [6, 6.07) is 0. The van der Waals surface area contributed by atoms with Crippen LogP contribution in [-0.2, 0) is 4.79 Å². The van der Waals surface area contributed by atoms with Crippen molar-refractivity contribution >= 4 is 11.7 Å².